The second-order valence-corrected chi connectivity index (χ2v) is 7.32. The van der Waals surface area contributed by atoms with E-state index < -0.39 is 0 Å². The third-order valence-electron chi connectivity index (χ3n) is 5.26. The second kappa shape index (κ2) is 9.55. The molecule has 3 aromatic rings. The fourth-order valence-corrected chi connectivity index (χ4v) is 3.44. The minimum absolute atomic E-state index is 0.0713. The van der Waals surface area contributed by atoms with Crippen molar-refractivity contribution >= 4 is 11.8 Å². The van der Waals surface area contributed by atoms with Crippen molar-refractivity contribution in [1.29, 1.82) is 0 Å². The van der Waals surface area contributed by atoms with Crippen LogP contribution >= 0.6 is 0 Å². The summed E-state index contributed by atoms with van der Waals surface area (Å²) < 4.78 is 29.3. The molecule has 4 rings (SSSR count). The Labute approximate surface area is 184 Å². The highest BCUT2D eigenvalue weighted by atomic mass is 19.1. The van der Waals surface area contributed by atoms with Crippen molar-refractivity contribution < 1.29 is 27.9 Å². The van der Waals surface area contributed by atoms with Gasteiger partial charge in [0.1, 0.15) is 29.7 Å². The van der Waals surface area contributed by atoms with Crippen molar-refractivity contribution in [3.63, 3.8) is 0 Å². The number of carbonyl (C=O) groups is 2. The molecule has 0 spiro atoms. The molecule has 2 amide bonds. The fraction of sp³-hybridized carbons (Fsp3) is 0.250. The van der Waals surface area contributed by atoms with Gasteiger partial charge in [0, 0.05) is 31.7 Å². The summed E-state index contributed by atoms with van der Waals surface area (Å²) in [5, 5.41) is 0. The summed E-state index contributed by atoms with van der Waals surface area (Å²) in [6.07, 6.45) is 0. The van der Waals surface area contributed by atoms with Gasteiger partial charge in [0.05, 0.1) is 7.11 Å². The Morgan fingerprint density at radius 1 is 0.844 bits per heavy atom. The summed E-state index contributed by atoms with van der Waals surface area (Å²) in [6, 6.07) is 15.9. The summed E-state index contributed by atoms with van der Waals surface area (Å²) in [6.45, 7) is 1.85. The van der Waals surface area contributed by atoms with Crippen LogP contribution in [0.1, 0.15) is 26.7 Å². The molecular weight excluding hydrogens is 415 g/mol. The summed E-state index contributed by atoms with van der Waals surface area (Å²) >= 11 is 0. The lowest BCUT2D eigenvalue weighted by atomic mass is 10.1. The molecule has 7 nitrogen and oxygen atoms in total. The maximum Gasteiger partial charge on any atom is 0.289 e. The predicted molar refractivity (Wildman–Crippen MR) is 114 cm³/mol. The first-order valence-corrected chi connectivity index (χ1v) is 10.2. The van der Waals surface area contributed by atoms with Gasteiger partial charge in [-0.1, -0.05) is 0 Å². The van der Waals surface area contributed by atoms with Gasteiger partial charge >= 0.3 is 0 Å². The molecule has 1 aliphatic heterocycles. The Morgan fingerprint density at radius 3 is 2.06 bits per heavy atom. The van der Waals surface area contributed by atoms with Crippen LogP contribution in [0.15, 0.2) is 65.1 Å². The third-order valence-corrected chi connectivity index (χ3v) is 5.26. The molecule has 1 aliphatic rings. The number of benzene rings is 2. The van der Waals surface area contributed by atoms with Crippen molar-refractivity contribution in [3.8, 4) is 11.5 Å². The summed E-state index contributed by atoms with van der Waals surface area (Å²) in [5.74, 6) is 1.27. The molecular formula is C24H23FN2O5. The van der Waals surface area contributed by atoms with E-state index in [2.05, 4.69) is 0 Å². The molecule has 0 bridgehead atoms. The Morgan fingerprint density at radius 2 is 1.44 bits per heavy atom. The quantitative estimate of drug-likeness (QED) is 0.588. The summed E-state index contributed by atoms with van der Waals surface area (Å²) in [7, 11) is 1.58. The first-order chi connectivity index (χ1) is 15.5. The summed E-state index contributed by atoms with van der Waals surface area (Å²) in [4.78, 5) is 28.9. The molecule has 2 aromatic carbocycles. The standard InChI is InChI=1S/C24H23FN2O5/c1-30-19-6-2-17(3-7-19)23(28)26-12-14-27(15-13-26)24(29)22-11-10-21(32-22)16-31-20-8-4-18(25)5-9-20/h2-11H,12-16H2,1H3. The van der Waals surface area contributed by atoms with Gasteiger partial charge in [-0.05, 0) is 60.7 Å². The highest BCUT2D eigenvalue weighted by molar-refractivity contribution is 5.95. The van der Waals surface area contributed by atoms with E-state index >= 15 is 0 Å². The zero-order chi connectivity index (χ0) is 22.5. The van der Waals surface area contributed by atoms with Crippen LogP contribution in [-0.2, 0) is 6.61 Å². The van der Waals surface area contributed by atoms with E-state index in [1.807, 2.05) is 0 Å². The van der Waals surface area contributed by atoms with Crippen LogP contribution in [0.5, 0.6) is 11.5 Å². The zero-order valence-corrected chi connectivity index (χ0v) is 17.6. The van der Waals surface area contributed by atoms with Crippen LogP contribution in [0.25, 0.3) is 0 Å². The number of piperazine rings is 1. The Bertz CT molecular complexity index is 1070. The molecule has 166 valence electrons. The molecule has 0 saturated carbocycles. The zero-order valence-electron chi connectivity index (χ0n) is 17.6. The molecule has 2 heterocycles. The monoisotopic (exact) mass is 438 g/mol. The van der Waals surface area contributed by atoms with Crippen molar-refractivity contribution in [2.75, 3.05) is 33.3 Å². The van der Waals surface area contributed by atoms with Crippen LogP contribution in [0.3, 0.4) is 0 Å². The molecule has 0 N–H and O–H groups in total. The van der Waals surface area contributed by atoms with Gasteiger partial charge in [-0.25, -0.2) is 4.39 Å². The van der Waals surface area contributed by atoms with E-state index in [1.165, 1.54) is 24.3 Å². The van der Waals surface area contributed by atoms with Crippen molar-refractivity contribution in [3.05, 3.63) is 83.6 Å². The highest BCUT2D eigenvalue weighted by Crippen LogP contribution is 2.18. The van der Waals surface area contributed by atoms with Crippen LogP contribution in [-0.4, -0.2) is 54.9 Å². The number of hydrogen-bond acceptors (Lipinski definition) is 5. The number of furan rings is 1. The van der Waals surface area contributed by atoms with Gasteiger partial charge in [-0.15, -0.1) is 0 Å². The van der Waals surface area contributed by atoms with Crippen molar-refractivity contribution in [2.24, 2.45) is 0 Å². The van der Waals surface area contributed by atoms with Gasteiger partial charge in [0.2, 0.25) is 0 Å². The van der Waals surface area contributed by atoms with Gasteiger partial charge in [0.25, 0.3) is 11.8 Å². The number of methoxy groups -OCH3 is 1. The van der Waals surface area contributed by atoms with Crippen LogP contribution < -0.4 is 9.47 Å². The van der Waals surface area contributed by atoms with Crippen LogP contribution in [0, 0.1) is 5.82 Å². The average Bonchev–Trinajstić information content (AvgIpc) is 3.32. The number of rotatable bonds is 6. The van der Waals surface area contributed by atoms with E-state index in [4.69, 9.17) is 13.9 Å². The van der Waals surface area contributed by atoms with E-state index in [9.17, 15) is 14.0 Å². The first-order valence-electron chi connectivity index (χ1n) is 10.2. The normalized spacial score (nSPS) is 13.7. The maximum absolute atomic E-state index is 13.0. The minimum atomic E-state index is -0.339. The smallest absolute Gasteiger partial charge is 0.289 e. The second-order valence-electron chi connectivity index (χ2n) is 7.32. The maximum atomic E-state index is 13.0. The number of amides is 2. The molecule has 1 aromatic heterocycles. The van der Waals surface area contributed by atoms with Crippen LogP contribution in [0.2, 0.25) is 0 Å². The first kappa shape index (κ1) is 21.4. The lowest BCUT2D eigenvalue weighted by molar-refractivity contribution is 0.0516. The van der Waals surface area contributed by atoms with Gasteiger partial charge in [-0.2, -0.15) is 0 Å². The lowest BCUT2D eigenvalue weighted by Gasteiger charge is -2.34. The molecule has 8 heteroatoms. The number of carbonyl (C=O) groups excluding carboxylic acids is 2. The summed E-state index contributed by atoms with van der Waals surface area (Å²) in [5.41, 5.74) is 0.586. The van der Waals surface area contributed by atoms with Crippen molar-refractivity contribution in [2.45, 2.75) is 6.61 Å². The largest absolute Gasteiger partial charge is 0.497 e. The molecule has 0 atom stereocenters. The van der Waals surface area contributed by atoms with E-state index in [1.54, 1.807) is 53.3 Å². The number of halogens is 1. The van der Waals surface area contributed by atoms with Crippen LogP contribution in [0.4, 0.5) is 4.39 Å². The Kier molecular flexibility index (Phi) is 6.39. The predicted octanol–water partition coefficient (Wildman–Crippen LogP) is 3.60. The Balaban J connectivity index is 1.29. The fourth-order valence-electron chi connectivity index (χ4n) is 3.44. The van der Waals surface area contributed by atoms with Crippen molar-refractivity contribution in [1.82, 2.24) is 9.80 Å². The molecule has 32 heavy (non-hydrogen) atoms. The van der Waals surface area contributed by atoms with Gasteiger partial charge in [0.15, 0.2) is 5.76 Å². The average molecular weight is 438 g/mol. The SMILES string of the molecule is COc1ccc(C(=O)N2CCN(C(=O)c3ccc(COc4ccc(F)cc4)o3)CC2)cc1. The number of nitrogens with zero attached hydrogens (tertiary/aromatic N) is 2. The van der Waals surface area contributed by atoms with Gasteiger partial charge < -0.3 is 23.7 Å². The highest BCUT2D eigenvalue weighted by Gasteiger charge is 2.27. The van der Waals surface area contributed by atoms with E-state index in [0.29, 0.717) is 49.0 Å². The molecule has 1 saturated heterocycles. The van der Waals surface area contributed by atoms with E-state index in [-0.39, 0.29) is 30.0 Å². The molecule has 1 fully saturated rings. The topological polar surface area (TPSA) is 72.2 Å². The lowest BCUT2D eigenvalue weighted by Crippen LogP contribution is -2.50. The molecule has 0 unspecified atom stereocenters. The number of hydrogen-bond donors (Lipinski definition) is 0. The number of ether oxygens (including phenoxy) is 2. The molecule has 0 radical (unpaired) electrons. The molecule has 0 aliphatic carbocycles. The minimum Gasteiger partial charge on any atom is -0.497 e. The Hall–Kier alpha value is -3.81. The van der Waals surface area contributed by atoms with Gasteiger partial charge in [-0.3, -0.25) is 9.59 Å². The van der Waals surface area contributed by atoms with E-state index in [0.717, 1.165) is 0 Å². The third kappa shape index (κ3) is 4.91.